The SMILES string of the molecule is CCC(C)C(=O)N1CCCc2cccc(O)c21. The van der Waals surface area contributed by atoms with Gasteiger partial charge in [-0.2, -0.15) is 0 Å². The molecular weight excluding hydrogens is 214 g/mol. The van der Waals surface area contributed by atoms with Crippen LogP contribution in [0.15, 0.2) is 18.2 Å². The Kier molecular flexibility index (Phi) is 3.36. The zero-order valence-corrected chi connectivity index (χ0v) is 10.4. The molecule has 2 rings (SSSR count). The monoisotopic (exact) mass is 233 g/mol. The van der Waals surface area contributed by atoms with E-state index in [2.05, 4.69) is 0 Å². The van der Waals surface area contributed by atoms with E-state index in [0.29, 0.717) is 6.54 Å². The predicted octanol–water partition coefficient (Wildman–Crippen LogP) is 2.72. The Balaban J connectivity index is 2.37. The van der Waals surface area contributed by atoms with Crippen LogP contribution in [-0.2, 0) is 11.2 Å². The van der Waals surface area contributed by atoms with Gasteiger partial charge in [0, 0.05) is 12.5 Å². The largest absolute Gasteiger partial charge is 0.506 e. The van der Waals surface area contributed by atoms with Crippen LogP contribution >= 0.6 is 0 Å². The maximum atomic E-state index is 12.3. The van der Waals surface area contributed by atoms with Crippen LogP contribution in [0.25, 0.3) is 0 Å². The number of carbonyl (C=O) groups excluding carboxylic acids is 1. The molecule has 1 atom stereocenters. The summed E-state index contributed by atoms with van der Waals surface area (Å²) in [5.41, 5.74) is 1.80. The highest BCUT2D eigenvalue weighted by molar-refractivity contribution is 5.97. The minimum atomic E-state index is 0.0144. The number of phenols is 1. The summed E-state index contributed by atoms with van der Waals surface area (Å²) in [5, 5.41) is 9.94. The number of aryl methyl sites for hydroxylation is 1. The number of nitrogens with zero attached hydrogens (tertiary/aromatic N) is 1. The van der Waals surface area contributed by atoms with Gasteiger partial charge in [-0.25, -0.2) is 0 Å². The van der Waals surface area contributed by atoms with Crippen LogP contribution < -0.4 is 4.90 Å². The first-order chi connectivity index (χ1) is 8.15. The quantitative estimate of drug-likeness (QED) is 0.853. The number of rotatable bonds is 2. The van der Waals surface area contributed by atoms with E-state index in [0.717, 1.165) is 30.5 Å². The van der Waals surface area contributed by atoms with E-state index in [1.807, 2.05) is 26.0 Å². The third-order valence-electron chi connectivity index (χ3n) is 3.50. The van der Waals surface area contributed by atoms with Gasteiger partial charge in [-0.1, -0.05) is 26.0 Å². The zero-order chi connectivity index (χ0) is 12.4. The average molecular weight is 233 g/mol. The van der Waals surface area contributed by atoms with Gasteiger partial charge in [0.2, 0.25) is 5.91 Å². The molecule has 0 saturated carbocycles. The molecule has 1 unspecified atom stereocenters. The van der Waals surface area contributed by atoms with Crippen molar-refractivity contribution in [3.63, 3.8) is 0 Å². The molecule has 1 aromatic rings. The molecule has 1 amide bonds. The van der Waals surface area contributed by atoms with Crippen molar-refractivity contribution in [1.82, 2.24) is 0 Å². The summed E-state index contributed by atoms with van der Waals surface area (Å²) in [6, 6.07) is 5.48. The van der Waals surface area contributed by atoms with E-state index in [9.17, 15) is 9.90 Å². The second kappa shape index (κ2) is 4.78. The minimum absolute atomic E-state index is 0.0144. The van der Waals surface area contributed by atoms with Crippen molar-refractivity contribution in [2.45, 2.75) is 33.1 Å². The highest BCUT2D eigenvalue weighted by Gasteiger charge is 2.27. The Bertz CT molecular complexity index is 428. The molecule has 0 aliphatic carbocycles. The van der Waals surface area contributed by atoms with E-state index in [1.165, 1.54) is 0 Å². The predicted molar refractivity (Wildman–Crippen MR) is 68.2 cm³/mol. The van der Waals surface area contributed by atoms with Crippen LogP contribution in [0.5, 0.6) is 5.75 Å². The van der Waals surface area contributed by atoms with Crippen molar-refractivity contribution < 1.29 is 9.90 Å². The average Bonchev–Trinajstić information content (AvgIpc) is 2.36. The lowest BCUT2D eigenvalue weighted by Crippen LogP contribution is -2.38. The van der Waals surface area contributed by atoms with Crippen LogP contribution in [0.2, 0.25) is 0 Å². The van der Waals surface area contributed by atoms with Gasteiger partial charge >= 0.3 is 0 Å². The second-order valence-electron chi connectivity index (χ2n) is 4.69. The normalized spacial score (nSPS) is 16.5. The molecule has 3 heteroatoms. The standard InChI is InChI=1S/C14H19NO2/c1-3-10(2)14(17)15-9-5-7-11-6-4-8-12(16)13(11)15/h4,6,8,10,16H,3,5,7,9H2,1-2H3. The summed E-state index contributed by atoms with van der Waals surface area (Å²) in [5.74, 6) is 0.356. The van der Waals surface area contributed by atoms with Gasteiger partial charge in [-0.3, -0.25) is 4.79 Å². The molecule has 0 radical (unpaired) electrons. The molecule has 0 bridgehead atoms. The van der Waals surface area contributed by atoms with Crippen molar-refractivity contribution in [3.8, 4) is 5.75 Å². The lowest BCUT2D eigenvalue weighted by Gasteiger charge is -2.31. The summed E-state index contributed by atoms with van der Waals surface area (Å²) < 4.78 is 0. The Morgan fingerprint density at radius 2 is 2.29 bits per heavy atom. The first kappa shape index (κ1) is 12.0. The van der Waals surface area contributed by atoms with E-state index in [4.69, 9.17) is 0 Å². The van der Waals surface area contributed by atoms with Crippen molar-refractivity contribution in [3.05, 3.63) is 23.8 Å². The molecule has 3 nitrogen and oxygen atoms in total. The van der Waals surface area contributed by atoms with Gasteiger partial charge in [0.05, 0.1) is 5.69 Å². The lowest BCUT2D eigenvalue weighted by molar-refractivity contribution is -0.122. The Labute approximate surface area is 102 Å². The van der Waals surface area contributed by atoms with Crippen molar-refractivity contribution >= 4 is 11.6 Å². The van der Waals surface area contributed by atoms with E-state index in [-0.39, 0.29) is 17.6 Å². The lowest BCUT2D eigenvalue weighted by atomic mass is 9.98. The summed E-state index contributed by atoms with van der Waals surface area (Å²) in [4.78, 5) is 14.0. The fourth-order valence-corrected chi connectivity index (χ4v) is 2.29. The molecule has 1 aliphatic rings. The van der Waals surface area contributed by atoms with Crippen molar-refractivity contribution in [1.29, 1.82) is 0 Å². The maximum Gasteiger partial charge on any atom is 0.229 e. The van der Waals surface area contributed by atoms with E-state index in [1.54, 1.807) is 11.0 Å². The summed E-state index contributed by atoms with van der Waals surface area (Å²) in [6.45, 7) is 4.67. The van der Waals surface area contributed by atoms with Crippen LogP contribution in [0, 0.1) is 5.92 Å². The molecule has 1 heterocycles. The summed E-state index contributed by atoms with van der Waals surface area (Å²) in [6.07, 6.45) is 2.74. The van der Waals surface area contributed by atoms with Gasteiger partial charge in [0.25, 0.3) is 0 Å². The molecule has 92 valence electrons. The first-order valence-electron chi connectivity index (χ1n) is 6.27. The number of fused-ring (bicyclic) bond motifs is 1. The van der Waals surface area contributed by atoms with Crippen LogP contribution in [0.1, 0.15) is 32.3 Å². The number of para-hydroxylation sites is 1. The summed E-state index contributed by atoms with van der Waals surface area (Å²) in [7, 11) is 0. The smallest absolute Gasteiger partial charge is 0.229 e. The van der Waals surface area contributed by atoms with Gasteiger partial charge < -0.3 is 10.0 Å². The molecule has 0 saturated heterocycles. The van der Waals surface area contributed by atoms with Gasteiger partial charge in [0.1, 0.15) is 5.75 Å². The topological polar surface area (TPSA) is 40.5 Å². The summed E-state index contributed by atoms with van der Waals surface area (Å²) >= 11 is 0. The highest BCUT2D eigenvalue weighted by atomic mass is 16.3. The van der Waals surface area contributed by atoms with Crippen molar-refractivity contribution in [2.24, 2.45) is 5.92 Å². The third-order valence-corrected chi connectivity index (χ3v) is 3.50. The third kappa shape index (κ3) is 2.14. The molecule has 17 heavy (non-hydrogen) atoms. The number of benzene rings is 1. The number of hydrogen-bond donors (Lipinski definition) is 1. The van der Waals surface area contributed by atoms with E-state index >= 15 is 0 Å². The molecule has 1 aromatic carbocycles. The number of aromatic hydroxyl groups is 1. The molecule has 1 N–H and O–H groups in total. The number of hydrogen-bond acceptors (Lipinski definition) is 2. The number of amides is 1. The van der Waals surface area contributed by atoms with Crippen LogP contribution in [-0.4, -0.2) is 17.6 Å². The van der Waals surface area contributed by atoms with Gasteiger partial charge in [-0.15, -0.1) is 0 Å². The molecule has 0 spiro atoms. The molecule has 0 fully saturated rings. The number of phenolic OH excluding ortho intramolecular Hbond substituents is 1. The zero-order valence-electron chi connectivity index (χ0n) is 10.4. The Morgan fingerprint density at radius 1 is 1.53 bits per heavy atom. The number of carbonyl (C=O) groups is 1. The van der Waals surface area contributed by atoms with Crippen LogP contribution in [0.4, 0.5) is 5.69 Å². The maximum absolute atomic E-state index is 12.3. The van der Waals surface area contributed by atoms with Gasteiger partial charge in [-0.05, 0) is 30.9 Å². The fourth-order valence-electron chi connectivity index (χ4n) is 2.29. The van der Waals surface area contributed by atoms with E-state index < -0.39 is 0 Å². The molecule has 0 aromatic heterocycles. The first-order valence-corrected chi connectivity index (χ1v) is 6.27. The molecular formula is C14H19NO2. The minimum Gasteiger partial charge on any atom is -0.506 e. The second-order valence-corrected chi connectivity index (χ2v) is 4.69. The highest BCUT2D eigenvalue weighted by Crippen LogP contribution is 2.36. The Hall–Kier alpha value is -1.51. The van der Waals surface area contributed by atoms with Crippen molar-refractivity contribution in [2.75, 3.05) is 11.4 Å². The van der Waals surface area contributed by atoms with Gasteiger partial charge in [0.15, 0.2) is 0 Å². The fraction of sp³-hybridized carbons (Fsp3) is 0.500. The van der Waals surface area contributed by atoms with Crippen LogP contribution in [0.3, 0.4) is 0 Å². The Morgan fingerprint density at radius 3 is 3.00 bits per heavy atom. The molecule has 1 aliphatic heterocycles. The number of anilines is 1.